The van der Waals surface area contributed by atoms with Gasteiger partial charge in [0.1, 0.15) is 5.82 Å². The first-order valence-electron chi connectivity index (χ1n) is 6.82. The Kier molecular flexibility index (Phi) is 3.17. The molecule has 2 saturated carbocycles. The number of ether oxygens (including phenoxy) is 1. The van der Waals surface area contributed by atoms with Crippen LogP contribution in [0.15, 0.2) is 18.2 Å². The van der Waals surface area contributed by atoms with Gasteiger partial charge in [-0.05, 0) is 49.3 Å². The summed E-state index contributed by atoms with van der Waals surface area (Å²) in [7, 11) is 1.34. The Bertz CT molecular complexity index is 503. The van der Waals surface area contributed by atoms with E-state index in [1.807, 2.05) is 0 Å². The number of hydrogen-bond acceptors (Lipinski definition) is 3. The van der Waals surface area contributed by atoms with Crippen molar-refractivity contribution in [2.45, 2.75) is 31.7 Å². The van der Waals surface area contributed by atoms with Crippen molar-refractivity contribution in [3.8, 4) is 0 Å². The predicted molar refractivity (Wildman–Crippen MR) is 70.6 cm³/mol. The lowest BCUT2D eigenvalue weighted by atomic mass is 9.95. The van der Waals surface area contributed by atoms with E-state index in [-0.39, 0.29) is 5.82 Å². The highest BCUT2D eigenvalue weighted by molar-refractivity contribution is 5.95. The van der Waals surface area contributed by atoms with Crippen LogP contribution in [0, 0.1) is 17.7 Å². The third kappa shape index (κ3) is 2.31. The minimum Gasteiger partial charge on any atom is -0.465 e. The van der Waals surface area contributed by atoms with Crippen LogP contribution in [0.4, 0.5) is 10.1 Å². The molecule has 3 unspecified atom stereocenters. The Morgan fingerprint density at radius 3 is 2.84 bits per heavy atom. The van der Waals surface area contributed by atoms with E-state index < -0.39 is 5.97 Å². The second-order valence-electron chi connectivity index (χ2n) is 5.61. The van der Waals surface area contributed by atoms with E-state index in [4.69, 9.17) is 4.74 Å². The molecule has 2 aliphatic carbocycles. The zero-order valence-corrected chi connectivity index (χ0v) is 11.0. The minimum absolute atomic E-state index is 0.335. The lowest BCUT2D eigenvalue weighted by molar-refractivity contribution is 0.0601. The zero-order valence-electron chi connectivity index (χ0n) is 11.0. The number of anilines is 1. The third-order valence-electron chi connectivity index (χ3n) is 4.47. The maximum atomic E-state index is 13.4. The summed E-state index contributed by atoms with van der Waals surface area (Å²) >= 11 is 0. The molecule has 2 fully saturated rings. The predicted octanol–water partition coefficient (Wildman–Crippen LogP) is 3.21. The molecular formula is C15H18FNO2. The van der Waals surface area contributed by atoms with Crippen LogP contribution in [0.3, 0.4) is 0 Å². The molecule has 1 N–H and O–H groups in total. The summed E-state index contributed by atoms with van der Waals surface area (Å²) in [6.07, 6.45) is 4.95. The number of benzene rings is 1. The number of rotatable bonds is 3. The number of carbonyl (C=O) groups excluding carboxylic acids is 1. The highest BCUT2D eigenvalue weighted by Gasteiger charge is 2.39. The fourth-order valence-electron chi connectivity index (χ4n) is 3.55. The molecule has 4 heteroatoms. The molecule has 1 aromatic carbocycles. The van der Waals surface area contributed by atoms with E-state index in [0.29, 0.717) is 23.2 Å². The monoisotopic (exact) mass is 263 g/mol. The largest absolute Gasteiger partial charge is 0.465 e. The van der Waals surface area contributed by atoms with Gasteiger partial charge in [0.2, 0.25) is 0 Å². The molecule has 2 aliphatic rings. The van der Waals surface area contributed by atoms with E-state index >= 15 is 0 Å². The first kappa shape index (κ1) is 12.5. The molecule has 3 rings (SSSR count). The van der Waals surface area contributed by atoms with Crippen molar-refractivity contribution in [2.24, 2.45) is 11.8 Å². The van der Waals surface area contributed by atoms with Gasteiger partial charge in [0, 0.05) is 6.04 Å². The molecule has 3 nitrogen and oxygen atoms in total. The van der Waals surface area contributed by atoms with Crippen LogP contribution >= 0.6 is 0 Å². The standard InChI is InChI=1S/C15H18FNO2/c1-19-15(18)12-5-4-11(16)8-14(12)17-13-7-9-2-3-10(13)6-9/h4-5,8-10,13,17H,2-3,6-7H2,1H3. The van der Waals surface area contributed by atoms with Crippen molar-refractivity contribution in [3.63, 3.8) is 0 Å². The number of esters is 1. The maximum absolute atomic E-state index is 13.4. The topological polar surface area (TPSA) is 38.3 Å². The second kappa shape index (κ2) is 4.83. The first-order valence-corrected chi connectivity index (χ1v) is 6.82. The summed E-state index contributed by atoms with van der Waals surface area (Å²) in [5, 5.41) is 3.36. The van der Waals surface area contributed by atoms with Crippen LogP contribution in [0.2, 0.25) is 0 Å². The van der Waals surface area contributed by atoms with Gasteiger partial charge in [0.05, 0.1) is 18.4 Å². The number of carbonyl (C=O) groups is 1. The van der Waals surface area contributed by atoms with Crippen molar-refractivity contribution in [2.75, 3.05) is 12.4 Å². The lowest BCUT2D eigenvalue weighted by Crippen LogP contribution is -2.27. The molecule has 2 bridgehead atoms. The molecule has 3 atom stereocenters. The van der Waals surface area contributed by atoms with Gasteiger partial charge in [-0.25, -0.2) is 9.18 Å². The van der Waals surface area contributed by atoms with Gasteiger partial charge in [-0.15, -0.1) is 0 Å². The average molecular weight is 263 g/mol. The van der Waals surface area contributed by atoms with E-state index in [1.165, 1.54) is 44.6 Å². The molecule has 0 aromatic heterocycles. The van der Waals surface area contributed by atoms with Gasteiger partial charge in [-0.3, -0.25) is 0 Å². The van der Waals surface area contributed by atoms with Gasteiger partial charge in [0.15, 0.2) is 0 Å². The van der Waals surface area contributed by atoms with Gasteiger partial charge in [-0.1, -0.05) is 6.42 Å². The maximum Gasteiger partial charge on any atom is 0.339 e. The quantitative estimate of drug-likeness (QED) is 0.851. The summed E-state index contributed by atoms with van der Waals surface area (Å²) in [6, 6.07) is 4.52. The van der Waals surface area contributed by atoms with Crippen LogP contribution in [0.25, 0.3) is 0 Å². The molecule has 0 amide bonds. The van der Waals surface area contributed by atoms with Crippen molar-refractivity contribution < 1.29 is 13.9 Å². The molecule has 0 saturated heterocycles. The molecule has 102 valence electrons. The summed E-state index contributed by atoms with van der Waals surface area (Å²) < 4.78 is 18.1. The molecule has 0 radical (unpaired) electrons. The molecule has 1 aromatic rings. The van der Waals surface area contributed by atoms with Crippen LogP contribution in [0.1, 0.15) is 36.0 Å². The average Bonchev–Trinajstić information content (AvgIpc) is 3.00. The van der Waals surface area contributed by atoms with Crippen molar-refractivity contribution in [1.29, 1.82) is 0 Å². The van der Waals surface area contributed by atoms with Crippen LogP contribution in [-0.4, -0.2) is 19.1 Å². The smallest absolute Gasteiger partial charge is 0.339 e. The minimum atomic E-state index is -0.425. The van der Waals surface area contributed by atoms with Gasteiger partial charge < -0.3 is 10.1 Å². The summed E-state index contributed by atoms with van der Waals surface area (Å²) in [6.45, 7) is 0. The summed E-state index contributed by atoms with van der Waals surface area (Å²) in [4.78, 5) is 11.7. The normalized spacial score (nSPS) is 28.4. The third-order valence-corrected chi connectivity index (χ3v) is 4.47. The highest BCUT2D eigenvalue weighted by atomic mass is 19.1. The molecule has 0 heterocycles. The van der Waals surface area contributed by atoms with E-state index in [9.17, 15) is 9.18 Å². The number of fused-ring (bicyclic) bond motifs is 2. The number of halogens is 1. The summed E-state index contributed by atoms with van der Waals surface area (Å²) in [5.41, 5.74) is 0.969. The van der Waals surface area contributed by atoms with Crippen LogP contribution < -0.4 is 5.32 Å². The Labute approximate surface area is 112 Å². The fraction of sp³-hybridized carbons (Fsp3) is 0.533. The Hall–Kier alpha value is -1.58. The van der Waals surface area contributed by atoms with Crippen LogP contribution in [0.5, 0.6) is 0 Å². The zero-order chi connectivity index (χ0) is 13.4. The molecule has 0 aliphatic heterocycles. The second-order valence-corrected chi connectivity index (χ2v) is 5.61. The Morgan fingerprint density at radius 2 is 2.21 bits per heavy atom. The van der Waals surface area contributed by atoms with E-state index in [2.05, 4.69) is 5.32 Å². The Balaban J connectivity index is 1.83. The van der Waals surface area contributed by atoms with Gasteiger partial charge >= 0.3 is 5.97 Å². The SMILES string of the molecule is COC(=O)c1ccc(F)cc1NC1CC2CCC1C2. The van der Waals surface area contributed by atoms with E-state index in [0.717, 1.165) is 12.3 Å². The first-order chi connectivity index (χ1) is 9.17. The van der Waals surface area contributed by atoms with Crippen molar-refractivity contribution in [3.05, 3.63) is 29.6 Å². The molecule has 19 heavy (non-hydrogen) atoms. The van der Waals surface area contributed by atoms with Crippen LogP contribution in [-0.2, 0) is 4.74 Å². The van der Waals surface area contributed by atoms with Gasteiger partial charge in [0.25, 0.3) is 0 Å². The van der Waals surface area contributed by atoms with E-state index in [1.54, 1.807) is 0 Å². The highest BCUT2D eigenvalue weighted by Crippen LogP contribution is 2.45. The molecule has 0 spiro atoms. The van der Waals surface area contributed by atoms with Crippen molar-refractivity contribution in [1.82, 2.24) is 0 Å². The van der Waals surface area contributed by atoms with Gasteiger partial charge in [-0.2, -0.15) is 0 Å². The molecular weight excluding hydrogens is 245 g/mol. The summed E-state index contributed by atoms with van der Waals surface area (Å²) in [5.74, 6) is 0.709. The Morgan fingerprint density at radius 1 is 1.37 bits per heavy atom. The van der Waals surface area contributed by atoms with Crippen molar-refractivity contribution >= 4 is 11.7 Å². The number of methoxy groups -OCH3 is 1. The lowest BCUT2D eigenvalue weighted by Gasteiger charge is -2.25. The number of hydrogen-bond donors (Lipinski definition) is 1. The number of nitrogens with one attached hydrogen (secondary N) is 1. The fourth-order valence-corrected chi connectivity index (χ4v) is 3.55.